The highest BCUT2D eigenvalue weighted by Gasteiger charge is 2.05. The number of halogens is 1. The van der Waals surface area contributed by atoms with Gasteiger partial charge in [-0.05, 0) is 48.0 Å². The number of hydrazine groups is 1. The summed E-state index contributed by atoms with van der Waals surface area (Å²) in [7, 11) is 0. The number of nitrogens with one attached hydrogen (secondary N) is 2. The van der Waals surface area contributed by atoms with Gasteiger partial charge in [0.25, 0.3) is 17.5 Å². The molecule has 0 unspecified atom stereocenters. The lowest BCUT2D eigenvalue weighted by Gasteiger charge is -2.07. The second kappa shape index (κ2) is 9.19. The van der Waals surface area contributed by atoms with Gasteiger partial charge in [-0.1, -0.05) is 11.6 Å². The molecule has 0 aromatic heterocycles. The van der Waals surface area contributed by atoms with Gasteiger partial charge in [0.15, 0.2) is 6.61 Å². The molecule has 134 valence electrons. The van der Waals surface area contributed by atoms with Crippen molar-refractivity contribution in [3.05, 3.63) is 75.3 Å². The van der Waals surface area contributed by atoms with Crippen LogP contribution in [0.3, 0.4) is 0 Å². The van der Waals surface area contributed by atoms with Crippen molar-refractivity contribution < 1.29 is 19.2 Å². The van der Waals surface area contributed by atoms with E-state index in [1.165, 1.54) is 36.4 Å². The van der Waals surface area contributed by atoms with Crippen LogP contribution in [0, 0.1) is 10.1 Å². The highest BCUT2D eigenvalue weighted by molar-refractivity contribution is 6.30. The number of carbonyl (C=O) groups is 2. The fourth-order valence-electron chi connectivity index (χ4n) is 1.77. The number of non-ortho nitro benzene ring substituents is 1. The standard InChI is InChI=1S/C17H14ClN3O5/c18-13-4-8-15(9-5-13)26-11-17(23)20-19-16(22)10-3-12-1-6-14(7-2-12)21(24)25/h1-10H,11H2,(H,19,22)(H,20,23)/b10-3+. The molecule has 2 N–H and O–H groups in total. The quantitative estimate of drug-likeness (QED) is 0.458. The van der Waals surface area contributed by atoms with Crippen LogP contribution < -0.4 is 15.6 Å². The minimum atomic E-state index is -0.566. The molecule has 9 heteroatoms. The lowest BCUT2D eigenvalue weighted by Crippen LogP contribution is -2.43. The molecule has 0 aliphatic carbocycles. The van der Waals surface area contributed by atoms with Gasteiger partial charge in [-0.15, -0.1) is 0 Å². The number of amides is 2. The van der Waals surface area contributed by atoms with Crippen LogP contribution >= 0.6 is 11.6 Å². The number of hydrogen-bond acceptors (Lipinski definition) is 5. The summed E-state index contributed by atoms with van der Waals surface area (Å²) in [5.74, 6) is -0.644. The van der Waals surface area contributed by atoms with Crippen molar-refractivity contribution in [1.82, 2.24) is 10.9 Å². The molecular weight excluding hydrogens is 362 g/mol. The molecule has 0 spiro atoms. The van der Waals surface area contributed by atoms with E-state index >= 15 is 0 Å². The molecule has 0 atom stereocenters. The van der Waals surface area contributed by atoms with Gasteiger partial charge in [0, 0.05) is 23.2 Å². The predicted molar refractivity (Wildman–Crippen MR) is 95.4 cm³/mol. The zero-order valence-electron chi connectivity index (χ0n) is 13.3. The maximum atomic E-state index is 11.6. The molecule has 0 saturated heterocycles. The Morgan fingerprint density at radius 1 is 1.08 bits per heavy atom. The van der Waals surface area contributed by atoms with Crippen molar-refractivity contribution in [3.8, 4) is 5.75 Å². The summed E-state index contributed by atoms with van der Waals surface area (Å²) < 4.78 is 5.22. The zero-order chi connectivity index (χ0) is 18.9. The van der Waals surface area contributed by atoms with Crippen molar-refractivity contribution in [3.63, 3.8) is 0 Å². The maximum absolute atomic E-state index is 11.6. The molecule has 2 amide bonds. The first-order valence-corrected chi connectivity index (χ1v) is 7.71. The highest BCUT2D eigenvalue weighted by Crippen LogP contribution is 2.15. The molecule has 2 rings (SSSR count). The first kappa shape index (κ1) is 18.9. The summed E-state index contributed by atoms with van der Waals surface area (Å²) in [6, 6.07) is 12.1. The van der Waals surface area contributed by atoms with E-state index < -0.39 is 16.7 Å². The second-order valence-corrected chi connectivity index (χ2v) is 5.40. The van der Waals surface area contributed by atoms with Crippen molar-refractivity contribution >= 4 is 35.2 Å². The topological polar surface area (TPSA) is 111 Å². The van der Waals surface area contributed by atoms with E-state index in [2.05, 4.69) is 10.9 Å². The van der Waals surface area contributed by atoms with Gasteiger partial charge in [0.2, 0.25) is 0 Å². The van der Waals surface area contributed by atoms with E-state index in [0.717, 1.165) is 0 Å². The Kier molecular flexibility index (Phi) is 6.69. The molecular formula is C17H14ClN3O5. The number of benzene rings is 2. The minimum absolute atomic E-state index is 0.0421. The van der Waals surface area contributed by atoms with Crippen LogP contribution in [0.1, 0.15) is 5.56 Å². The minimum Gasteiger partial charge on any atom is -0.484 e. The van der Waals surface area contributed by atoms with Crippen LogP contribution in [-0.4, -0.2) is 23.3 Å². The molecule has 0 heterocycles. The molecule has 8 nitrogen and oxygen atoms in total. The number of nitrogens with zero attached hydrogens (tertiary/aromatic N) is 1. The molecule has 0 aliphatic heterocycles. The monoisotopic (exact) mass is 375 g/mol. The first-order chi connectivity index (χ1) is 12.4. The maximum Gasteiger partial charge on any atom is 0.276 e. The SMILES string of the molecule is O=C(/C=C/c1ccc([N+](=O)[O-])cc1)NNC(=O)COc1ccc(Cl)cc1. The number of rotatable bonds is 6. The predicted octanol–water partition coefficient (Wildman–Crippen LogP) is 2.49. The smallest absolute Gasteiger partial charge is 0.276 e. The molecule has 2 aromatic carbocycles. The van der Waals surface area contributed by atoms with Crippen molar-refractivity contribution in [2.45, 2.75) is 0 Å². The van der Waals surface area contributed by atoms with E-state index in [0.29, 0.717) is 16.3 Å². The average Bonchev–Trinajstić information content (AvgIpc) is 2.64. The van der Waals surface area contributed by atoms with E-state index in [4.69, 9.17) is 16.3 Å². The largest absolute Gasteiger partial charge is 0.484 e. The molecule has 0 saturated carbocycles. The number of ether oxygens (including phenoxy) is 1. The summed E-state index contributed by atoms with van der Waals surface area (Å²) in [4.78, 5) is 33.3. The third-order valence-corrected chi connectivity index (χ3v) is 3.29. The summed E-state index contributed by atoms with van der Waals surface area (Å²) in [5.41, 5.74) is 4.95. The van der Waals surface area contributed by atoms with Gasteiger partial charge < -0.3 is 4.74 Å². The van der Waals surface area contributed by atoms with Gasteiger partial charge in [-0.2, -0.15) is 0 Å². The lowest BCUT2D eigenvalue weighted by molar-refractivity contribution is -0.384. The third kappa shape index (κ3) is 6.25. The zero-order valence-corrected chi connectivity index (χ0v) is 14.1. The van der Waals surface area contributed by atoms with Gasteiger partial charge in [0.05, 0.1) is 4.92 Å². The van der Waals surface area contributed by atoms with Crippen LogP contribution in [0.5, 0.6) is 5.75 Å². The molecule has 2 aromatic rings. The lowest BCUT2D eigenvalue weighted by atomic mass is 10.2. The third-order valence-electron chi connectivity index (χ3n) is 3.04. The van der Waals surface area contributed by atoms with E-state index in [1.54, 1.807) is 24.3 Å². The summed E-state index contributed by atoms with van der Waals surface area (Å²) in [6.45, 7) is -0.284. The van der Waals surface area contributed by atoms with Gasteiger partial charge in [-0.3, -0.25) is 30.6 Å². The van der Waals surface area contributed by atoms with Crippen LogP contribution in [-0.2, 0) is 9.59 Å². The fourth-order valence-corrected chi connectivity index (χ4v) is 1.89. The van der Waals surface area contributed by atoms with Crippen molar-refractivity contribution in [1.29, 1.82) is 0 Å². The molecule has 0 aliphatic rings. The fraction of sp³-hybridized carbons (Fsp3) is 0.0588. The van der Waals surface area contributed by atoms with E-state index in [-0.39, 0.29) is 12.3 Å². The average molecular weight is 376 g/mol. The van der Waals surface area contributed by atoms with Crippen molar-refractivity contribution in [2.24, 2.45) is 0 Å². The molecule has 26 heavy (non-hydrogen) atoms. The summed E-state index contributed by atoms with van der Waals surface area (Å²) in [5, 5.41) is 11.1. The van der Waals surface area contributed by atoms with Crippen LogP contribution in [0.4, 0.5) is 5.69 Å². The number of carbonyl (C=O) groups excluding carboxylic acids is 2. The summed E-state index contributed by atoms with van der Waals surface area (Å²) >= 11 is 5.74. The number of nitro benzene ring substituents is 1. The van der Waals surface area contributed by atoms with Gasteiger partial charge in [0.1, 0.15) is 5.75 Å². The molecule has 0 bridgehead atoms. The van der Waals surface area contributed by atoms with Crippen LogP contribution in [0.15, 0.2) is 54.6 Å². The Hall–Kier alpha value is -3.39. The Morgan fingerprint density at radius 3 is 2.35 bits per heavy atom. The van der Waals surface area contributed by atoms with Crippen LogP contribution in [0.2, 0.25) is 5.02 Å². The second-order valence-electron chi connectivity index (χ2n) is 4.96. The Bertz CT molecular complexity index is 819. The Balaban J connectivity index is 1.74. The van der Waals surface area contributed by atoms with E-state index in [9.17, 15) is 19.7 Å². The molecule has 0 radical (unpaired) electrons. The normalized spacial score (nSPS) is 10.3. The number of nitro groups is 1. The Labute approximate surface area is 153 Å². The number of hydrogen-bond donors (Lipinski definition) is 2. The van der Waals surface area contributed by atoms with Crippen LogP contribution in [0.25, 0.3) is 6.08 Å². The van der Waals surface area contributed by atoms with Crippen molar-refractivity contribution in [2.75, 3.05) is 6.61 Å². The van der Waals surface area contributed by atoms with Gasteiger partial charge in [-0.25, -0.2) is 0 Å². The highest BCUT2D eigenvalue weighted by atomic mass is 35.5. The first-order valence-electron chi connectivity index (χ1n) is 7.34. The Morgan fingerprint density at radius 2 is 1.73 bits per heavy atom. The molecule has 0 fully saturated rings. The van der Waals surface area contributed by atoms with E-state index in [1.807, 2.05) is 0 Å². The summed E-state index contributed by atoms with van der Waals surface area (Å²) in [6.07, 6.45) is 2.64. The van der Waals surface area contributed by atoms with Gasteiger partial charge >= 0.3 is 0 Å².